The number of carboxylic acid groups (broad SMARTS) is 1. The van der Waals surface area contributed by atoms with E-state index in [0.29, 0.717) is 6.42 Å². The molecule has 0 unspecified atom stereocenters. The largest absolute Gasteiger partial charge is 0.478 e. The molecule has 0 bridgehead atoms. The summed E-state index contributed by atoms with van der Waals surface area (Å²) in [5.74, 6) is -1.21. The molecule has 3 heteroatoms. The summed E-state index contributed by atoms with van der Waals surface area (Å²) in [7, 11) is 0. The number of carbonyl (C=O) groups excluding carboxylic acids is 1. The Labute approximate surface area is 59.4 Å². The molecule has 0 aliphatic heterocycles. The molecular weight excluding hydrogens is 132 g/mol. The molecule has 0 saturated carbocycles. The number of allylic oxidation sites excluding steroid dienone is 1. The smallest absolute Gasteiger partial charge is 0.328 e. The Morgan fingerprint density at radius 1 is 1.40 bits per heavy atom. The second kappa shape index (κ2) is 4.73. The van der Waals surface area contributed by atoms with Gasteiger partial charge in [0, 0.05) is 12.5 Å². The Bertz CT molecular complexity index is 158. The van der Waals surface area contributed by atoms with E-state index in [1.165, 1.54) is 0 Å². The van der Waals surface area contributed by atoms with Gasteiger partial charge in [0.15, 0.2) is 5.78 Å². The molecule has 0 aromatic heterocycles. The van der Waals surface area contributed by atoms with E-state index in [1.54, 1.807) is 0 Å². The lowest BCUT2D eigenvalue weighted by atomic mass is 10.2. The van der Waals surface area contributed by atoms with Crippen LogP contribution in [0.25, 0.3) is 0 Å². The van der Waals surface area contributed by atoms with Crippen molar-refractivity contribution in [1.82, 2.24) is 0 Å². The van der Waals surface area contributed by atoms with Crippen LogP contribution >= 0.6 is 0 Å². The van der Waals surface area contributed by atoms with Crippen LogP contribution in [-0.4, -0.2) is 16.9 Å². The zero-order valence-corrected chi connectivity index (χ0v) is 5.83. The number of hydrogen-bond donors (Lipinski definition) is 1. The third-order valence-corrected chi connectivity index (χ3v) is 0.908. The SMILES string of the molecule is CCCC(=O)C=CC(=O)O. The minimum atomic E-state index is -1.08. The number of carbonyl (C=O) groups is 2. The molecule has 0 rings (SSSR count). The highest BCUT2D eigenvalue weighted by Gasteiger charge is 1.93. The first-order valence-electron chi connectivity index (χ1n) is 3.10. The molecule has 10 heavy (non-hydrogen) atoms. The zero-order valence-electron chi connectivity index (χ0n) is 5.83. The molecule has 0 radical (unpaired) electrons. The highest BCUT2D eigenvalue weighted by molar-refractivity contribution is 5.95. The van der Waals surface area contributed by atoms with Gasteiger partial charge < -0.3 is 5.11 Å². The Morgan fingerprint density at radius 2 is 2.00 bits per heavy atom. The lowest BCUT2D eigenvalue weighted by Crippen LogP contribution is -1.93. The fraction of sp³-hybridized carbons (Fsp3) is 0.429. The molecule has 1 N–H and O–H groups in total. The second-order valence-electron chi connectivity index (χ2n) is 1.89. The Kier molecular flexibility index (Phi) is 4.20. The van der Waals surface area contributed by atoms with Crippen LogP contribution in [0.1, 0.15) is 19.8 Å². The van der Waals surface area contributed by atoms with Gasteiger partial charge in [0.05, 0.1) is 0 Å². The van der Waals surface area contributed by atoms with E-state index in [0.717, 1.165) is 18.6 Å². The molecule has 0 fully saturated rings. The van der Waals surface area contributed by atoms with Crippen LogP contribution in [0.4, 0.5) is 0 Å². The zero-order chi connectivity index (χ0) is 7.98. The van der Waals surface area contributed by atoms with Crippen LogP contribution in [0, 0.1) is 0 Å². The fourth-order valence-corrected chi connectivity index (χ4v) is 0.494. The number of hydrogen-bond acceptors (Lipinski definition) is 2. The molecule has 3 nitrogen and oxygen atoms in total. The van der Waals surface area contributed by atoms with Crippen LogP contribution in [0.3, 0.4) is 0 Å². The third kappa shape index (κ3) is 5.03. The summed E-state index contributed by atoms with van der Waals surface area (Å²) >= 11 is 0. The maximum Gasteiger partial charge on any atom is 0.328 e. The van der Waals surface area contributed by atoms with Gasteiger partial charge in [0.1, 0.15) is 0 Å². The van der Waals surface area contributed by atoms with Gasteiger partial charge in [-0.2, -0.15) is 0 Å². The Hall–Kier alpha value is -1.12. The van der Waals surface area contributed by atoms with Crippen molar-refractivity contribution >= 4 is 11.8 Å². The molecule has 0 aromatic carbocycles. The third-order valence-electron chi connectivity index (χ3n) is 0.908. The molecule has 0 aliphatic rings. The van der Waals surface area contributed by atoms with Crippen molar-refractivity contribution in [3.05, 3.63) is 12.2 Å². The standard InChI is InChI=1S/C7H10O3/c1-2-3-6(8)4-5-7(9)10/h4-5H,2-3H2,1H3,(H,9,10). The summed E-state index contributed by atoms with van der Waals surface area (Å²) < 4.78 is 0. The van der Waals surface area contributed by atoms with Gasteiger partial charge in [-0.15, -0.1) is 0 Å². The van der Waals surface area contributed by atoms with Gasteiger partial charge in [-0.25, -0.2) is 4.79 Å². The highest BCUT2D eigenvalue weighted by atomic mass is 16.4. The van der Waals surface area contributed by atoms with E-state index in [-0.39, 0.29) is 5.78 Å². The normalized spacial score (nSPS) is 10.1. The van der Waals surface area contributed by atoms with E-state index in [1.807, 2.05) is 6.92 Å². The van der Waals surface area contributed by atoms with Crippen molar-refractivity contribution < 1.29 is 14.7 Å². The number of carboxylic acids is 1. The molecule has 0 aliphatic carbocycles. The fourth-order valence-electron chi connectivity index (χ4n) is 0.494. The van der Waals surface area contributed by atoms with Crippen molar-refractivity contribution in [2.24, 2.45) is 0 Å². The van der Waals surface area contributed by atoms with Gasteiger partial charge in [-0.05, 0) is 12.5 Å². The summed E-state index contributed by atoms with van der Waals surface area (Å²) in [6.07, 6.45) is 3.12. The molecule has 0 aromatic rings. The van der Waals surface area contributed by atoms with Gasteiger partial charge >= 0.3 is 5.97 Å². The van der Waals surface area contributed by atoms with Crippen molar-refractivity contribution in [3.8, 4) is 0 Å². The minimum Gasteiger partial charge on any atom is -0.478 e. The van der Waals surface area contributed by atoms with Gasteiger partial charge in [-0.1, -0.05) is 6.92 Å². The Morgan fingerprint density at radius 3 is 2.40 bits per heavy atom. The Balaban J connectivity index is 3.67. The van der Waals surface area contributed by atoms with Crippen molar-refractivity contribution in [3.63, 3.8) is 0 Å². The quantitative estimate of drug-likeness (QED) is 0.595. The van der Waals surface area contributed by atoms with E-state index in [4.69, 9.17) is 5.11 Å². The number of rotatable bonds is 4. The lowest BCUT2D eigenvalue weighted by molar-refractivity contribution is -0.131. The van der Waals surface area contributed by atoms with Gasteiger partial charge in [0.2, 0.25) is 0 Å². The first-order valence-corrected chi connectivity index (χ1v) is 3.10. The molecule has 0 heterocycles. The van der Waals surface area contributed by atoms with Crippen molar-refractivity contribution in [1.29, 1.82) is 0 Å². The molecule has 0 saturated heterocycles. The minimum absolute atomic E-state index is 0.134. The average Bonchev–Trinajstić information content (AvgIpc) is 1.85. The van der Waals surface area contributed by atoms with Crippen molar-refractivity contribution in [2.75, 3.05) is 0 Å². The predicted molar refractivity (Wildman–Crippen MR) is 36.7 cm³/mol. The molecule has 0 atom stereocenters. The van der Waals surface area contributed by atoms with E-state index >= 15 is 0 Å². The van der Waals surface area contributed by atoms with Gasteiger partial charge in [0.25, 0.3) is 0 Å². The number of aliphatic carboxylic acids is 1. The summed E-state index contributed by atoms with van der Waals surface area (Å²) in [4.78, 5) is 20.5. The predicted octanol–water partition coefficient (Wildman–Crippen LogP) is 0.996. The topological polar surface area (TPSA) is 54.4 Å². The molecular formula is C7H10O3. The van der Waals surface area contributed by atoms with Crippen molar-refractivity contribution in [2.45, 2.75) is 19.8 Å². The van der Waals surface area contributed by atoms with E-state index < -0.39 is 5.97 Å². The first-order chi connectivity index (χ1) is 4.66. The summed E-state index contributed by atoms with van der Waals surface area (Å²) in [5.41, 5.74) is 0. The van der Waals surface area contributed by atoms with Crippen LogP contribution < -0.4 is 0 Å². The van der Waals surface area contributed by atoms with Crippen LogP contribution in [0.15, 0.2) is 12.2 Å². The summed E-state index contributed by atoms with van der Waals surface area (Å²) in [6, 6.07) is 0. The molecule has 56 valence electrons. The number of ketones is 1. The monoisotopic (exact) mass is 142 g/mol. The van der Waals surface area contributed by atoms with Crippen LogP contribution in [-0.2, 0) is 9.59 Å². The van der Waals surface area contributed by atoms with Gasteiger partial charge in [-0.3, -0.25) is 4.79 Å². The summed E-state index contributed by atoms with van der Waals surface area (Å²) in [6.45, 7) is 1.87. The van der Waals surface area contributed by atoms with Crippen LogP contribution in [0.2, 0.25) is 0 Å². The van der Waals surface area contributed by atoms with E-state index in [9.17, 15) is 9.59 Å². The van der Waals surface area contributed by atoms with Crippen LogP contribution in [0.5, 0.6) is 0 Å². The van der Waals surface area contributed by atoms with E-state index in [2.05, 4.69) is 0 Å². The maximum absolute atomic E-state index is 10.6. The average molecular weight is 142 g/mol. The maximum atomic E-state index is 10.6. The first kappa shape index (κ1) is 8.88. The lowest BCUT2D eigenvalue weighted by Gasteiger charge is -1.85. The summed E-state index contributed by atoms with van der Waals surface area (Å²) in [5, 5.41) is 8.09. The second-order valence-corrected chi connectivity index (χ2v) is 1.89. The molecule has 0 amide bonds. The highest BCUT2D eigenvalue weighted by Crippen LogP contribution is 1.89. The molecule has 0 spiro atoms.